The largest absolute Gasteiger partial charge is 1.00 e. The van der Waals surface area contributed by atoms with E-state index in [1.165, 1.54) is 24.3 Å². The van der Waals surface area contributed by atoms with Gasteiger partial charge in [0.2, 0.25) is 11.1 Å². The molecule has 0 spiro atoms. The normalized spacial score (nSPS) is 8.70. The molecule has 0 radical (unpaired) electrons. The number of nitriles is 2. The van der Waals surface area contributed by atoms with Gasteiger partial charge in [0.05, 0.1) is 12.1 Å². The van der Waals surface area contributed by atoms with Crippen molar-refractivity contribution in [3.8, 4) is 12.1 Å². The molecule has 0 unspecified atom stereocenters. The molecule has 0 aromatic carbocycles. The van der Waals surface area contributed by atoms with Gasteiger partial charge < -0.3 is 35.2 Å². The van der Waals surface area contributed by atoms with Gasteiger partial charge in [0, 0.05) is 23.3 Å². The second-order valence-corrected chi connectivity index (χ2v) is 4.17. The SMILES string of the molecule is N#Cc1ccc(=O)[nH]c1[S-].N#Cc1ccc(=O)[nH]c1[S-].[H+].[H+]. The number of nitrogens with zero attached hydrogens (tertiary/aromatic N) is 2. The van der Waals surface area contributed by atoms with Crippen LogP contribution in [0.25, 0.3) is 0 Å². The Kier molecular flexibility index (Phi) is 5.42. The van der Waals surface area contributed by atoms with Gasteiger partial charge in [-0.1, -0.05) is 10.1 Å². The van der Waals surface area contributed by atoms with Crippen LogP contribution in [0.3, 0.4) is 0 Å². The Morgan fingerprint density at radius 3 is 1.45 bits per heavy atom. The maximum Gasteiger partial charge on any atom is 1.00 e. The molecule has 0 atom stereocenters. The van der Waals surface area contributed by atoms with E-state index >= 15 is 0 Å². The Labute approximate surface area is 127 Å². The lowest BCUT2D eigenvalue weighted by molar-refractivity contribution is 1.07. The van der Waals surface area contributed by atoms with Gasteiger partial charge in [0.25, 0.3) is 0 Å². The molecule has 20 heavy (non-hydrogen) atoms. The summed E-state index contributed by atoms with van der Waals surface area (Å²) in [5.41, 5.74) is 0.109. The molecular formula is C12H8N4O2S2. The van der Waals surface area contributed by atoms with Crippen molar-refractivity contribution >= 4 is 25.3 Å². The number of aromatic amines is 2. The fraction of sp³-hybridized carbons (Fsp3) is 0. The molecule has 0 aliphatic rings. The van der Waals surface area contributed by atoms with E-state index in [2.05, 4.69) is 35.2 Å². The minimum Gasteiger partial charge on any atom is -0.761 e. The highest BCUT2D eigenvalue weighted by Gasteiger charge is 1.88. The van der Waals surface area contributed by atoms with Gasteiger partial charge >= 0.3 is 2.85 Å². The molecule has 0 amide bonds. The molecule has 6 nitrogen and oxygen atoms in total. The Morgan fingerprint density at radius 2 is 1.20 bits per heavy atom. The first kappa shape index (κ1) is 15.4. The summed E-state index contributed by atoms with van der Waals surface area (Å²) in [5, 5.41) is 17.1. The predicted molar refractivity (Wildman–Crippen MR) is 77.0 cm³/mol. The van der Waals surface area contributed by atoms with Crippen molar-refractivity contribution in [2.24, 2.45) is 0 Å². The summed E-state index contributed by atoms with van der Waals surface area (Å²) in [5.74, 6) is 0. The van der Waals surface area contributed by atoms with Gasteiger partial charge in [-0.25, -0.2) is 0 Å². The molecule has 100 valence electrons. The van der Waals surface area contributed by atoms with Crippen LogP contribution >= 0.6 is 0 Å². The highest BCUT2D eigenvalue weighted by Crippen LogP contribution is 1.98. The number of rotatable bonds is 0. The van der Waals surface area contributed by atoms with E-state index in [1.54, 1.807) is 0 Å². The first-order valence-electron chi connectivity index (χ1n) is 5.09. The van der Waals surface area contributed by atoms with Crippen LogP contribution in [0.5, 0.6) is 0 Å². The monoisotopic (exact) mass is 304 g/mol. The summed E-state index contributed by atoms with van der Waals surface area (Å²) in [4.78, 5) is 25.7. The third kappa shape index (κ3) is 4.21. The molecule has 2 rings (SSSR count). The van der Waals surface area contributed by atoms with Crippen molar-refractivity contribution in [3.05, 3.63) is 56.1 Å². The van der Waals surface area contributed by atoms with Crippen molar-refractivity contribution < 1.29 is 2.85 Å². The number of pyridine rings is 2. The number of hydrogen-bond donors (Lipinski definition) is 2. The van der Waals surface area contributed by atoms with E-state index in [0.717, 1.165) is 0 Å². The fourth-order valence-electron chi connectivity index (χ4n) is 1.09. The third-order valence-corrected chi connectivity index (χ3v) is 2.65. The first-order valence-corrected chi connectivity index (χ1v) is 5.90. The summed E-state index contributed by atoms with van der Waals surface area (Å²) in [7, 11) is 0. The van der Waals surface area contributed by atoms with Crippen molar-refractivity contribution in [2.45, 2.75) is 10.1 Å². The van der Waals surface area contributed by atoms with Crippen LogP contribution < -0.4 is 11.1 Å². The van der Waals surface area contributed by atoms with E-state index in [1.807, 2.05) is 12.1 Å². The molecular weight excluding hydrogens is 296 g/mol. The highest BCUT2D eigenvalue weighted by molar-refractivity contribution is 7.58. The molecule has 0 aliphatic carbocycles. The first-order chi connectivity index (χ1) is 9.47. The molecule has 2 N–H and O–H groups in total. The van der Waals surface area contributed by atoms with Crippen LogP contribution in [0, 0.1) is 22.7 Å². The number of aromatic nitrogens is 2. The molecule has 0 fully saturated rings. The molecule has 0 saturated heterocycles. The van der Waals surface area contributed by atoms with E-state index in [0.29, 0.717) is 11.1 Å². The quantitative estimate of drug-likeness (QED) is 0.686. The molecule has 8 heteroatoms. The number of nitrogens with one attached hydrogen (secondary N) is 2. The van der Waals surface area contributed by atoms with Gasteiger partial charge in [0.1, 0.15) is 0 Å². The van der Waals surface area contributed by atoms with Crippen LogP contribution in [-0.4, -0.2) is 9.97 Å². The average Bonchev–Trinajstić information content (AvgIpc) is 2.40. The van der Waals surface area contributed by atoms with E-state index < -0.39 is 0 Å². The zero-order chi connectivity index (χ0) is 15.1. The highest BCUT2D eigenvalue weighted by atomic mass is 32.1. The molecule has 2 aromatic rings. The second kappa shape index (κ2) is 7.04. The lowest BCUT2D eigenvalue weighted by Gasteiger charge is -2.04. The van der Waals surface area contributed by atoms with E-state index in [-0.39, 0.29) is 24.0 Å². The van der Waals surface area contributed by atoms with Gasteiger partial charge in [-0.05, 0) is 12.1 Å². The van der Waals surface area contributed by atoms with Crippen molar-refractivity contribution in [1.82, 2.24) is 9.97 Å². The van der Waals surface area contributed by atoms with Crippen molar-refractivity contribution in [2.75, 3.05) is 0 Å². The predicted octanol–water partition coefficient (Wildman–Crippen LogP) is 0.530. The summed E-state index contributed by atoms with van der Waals surface area (Å²) in [6.45, 7) is 0. The van der Waals surface area contributed by atoms with Crippen LogP contribution in [0.4, 0.5) is 0 Å². The topological polar surface area (TPSA) is 113 Å². The lowest BCUT2D eigenvalue weighted by atomic mass is 10.3. The van der Waals surface area contributed by atoms with Gasteiger partial charge in [0.15, 0.2) is 0 Å². The zero-order valence-corrected chi connectivity index (χ0v) is 11.5. The minimum absolute atomic E-state index is 0. The maximum atomic E-state index is 10.5. The van der Waals surface area contributed by atoms with Gasteiger partial charge in [-0.2, -0.15) is 10.5 Å². The molecule has 0 bridgehead atoms. The number of H-pyrrole nitrogens is 2. The molecule has 0 saturated carbocycles. The zero-order valence-electron chi connectivity index (χ0n) is 11.8. The van der Waals surface area contributed by atoms with Crippen molar-refractivity contribution in [1.29, 1.82) is 10.5 Å². The Morgan fingerprint density at radius 1 is 0.850 bits per heavy atom. The summed E-state index contributed by atoms with van der Waals surface area (Å²) < 4.78 is 0. The molecule has 0 aliphatic heterocycles. The third-order valence-electron chi connectivity index (χ3n) is 2.01. The summed E-state index contributed by atoms with van der Waals surface area (Å²) in [6, 6.07) is 9.05. The molecule has 2 heterocycles. The standard InChI is InChI=1S/2C6H4N2OS/c2*7-3-4-1-2-5(9)8-6(4)10/h2*1-2H,(H2,8,9,10). The van der Waals surface area contributed by atoms with Crippen LogP contribution in [0.1, 0.15) is 14.0 Å². The van der Waals surface area contributed by atoms with E-state index in [4.69, 9.17) is 10.5 Å². The lowest BCUT2D eigenvalue weighted by Crippen LogP contribution is -2.05. The fourth-order valence-corrected chi connectivity index (χ4v) is 1.52. The van der Waals surface area contributed by atoms with Crippen LogP contribution in [0.2, 0.25) is 0 Å². The smallest absolute Gasteiger partial charge is 0.761 e. The van der Waals surface area contributed by atoms with Crippen LogP contribution in [-0.2, 0) is 25.3 Å². The van der Waals surface area contributed by atoms with Gasteiger partial charge in [-0.3, -0.25) is 9.59 Å². The second-order valence-electron chi connectivity index (χ2n) is 3.35. The number of hydrogen-bond acceptors (Lipinski definition) is 6. The van der Waals surface area contributed by atoms with E-state index in [9.17, 15) is 9.59 Å². The summed E-state index contributed by atoms with van der Waals surface area (Å²) in [6.07, 6.45) is 0. The molecule has 2 aromatic heterocycles. The van der Waals surface area contributed by atoms with Crippen LogP contribution in [0.15, 0.2) is 43.9 Å². The average molecular weight is 304 g/mol. The Bertz CT molecular complexity index is 752. The summed E-state index contributed by atoms with van der Waals surface area (Å²) >= 11 is 9.32. The Balaban J connectivity index is 0. The van der Waals surface area contributed by atoms with Gasteiger partial charge in [-0.15, -0.1) is 0 Å². The maximum absolute atomic E-state index is 10.5. The Hall–Kier alpha value is -2.68. The van der Waals surface area contributed by atoms with Crippen molar-refractivity contribution in [3.63, 3.8) is 0 Å². The minimum atomic E-state index is -0.274.